The van der Waals surface area contributed by atoms with Crippen LogP contribution in [0.1, 0.15) is 31.4 Å². The predicted octanol–water partition coefficient (Wildman–Crippen LogP) is 5.83. The van der Waals surface area contributed by atoms with Crippen molar-refractivity contribution in [2.24, 2.45) is 0 Å². The van der Waals surface area contributed by atoms with Gasteiger partial charge in [-0.25, -0.2) is 9.59 Å². The molecule has 3 aromatic rings. The first-order valence-electron chi connectivity index (χ1n) is 9.92. The van der Waals surface area contributed by atoms with Gasteiger partial charge >= 0.3 is 11.9 Å². The number of rotatable bonds is 7. The number of carbonyl (C=O) groups is 2. The highest BCUT2D eigenvalue weighted by atomic mass is 16.5. The van der Waals surface area contributed by atoms with Crippen LogP contribution in [0.4, 0.5) is 0 Å². The average Bonchev–Trinajstić information content (AvgIpc) is 2.70. The highest BCUT2D eigenvalue weighted by Crippen LogP contribution is 2.31. The summed E-state index contributed by atoms with van der Waals surface area (Å²) in [5.74, 6) is -0.262. The lowest BCUT2D eigenvalue weighted by Crippen LogP contribution is -2.07. The number of benzene rings is 3. The molecule has 0 aromatic heterocycles. The second kappa shape index (κ2) is 8.95. The van der Waals surface area contributed by atoms with E-state index in [1.807, 2.05) is 24.3 Å². The van der Waals surface area contributed by atoms with E-state index >= 15 is 0 Å². The standard InChI is InChI=1S/C26H26O4/c1-16(2)25(27)29-12-6-7-19-14-20-8-9-21-15-22(30-26(28)17(3)4)10-11-23(21)24(20)13-18(19)5/h8-11,13-15H,1,3,6-7,12H2,2,4-5H3. The lowest BCUT2D eigenvalue weighted by Gasteiger charge is -2.12. The van der Waals surface area contributed by atoms with E-state index in [1.54, 1.807) is 13.8 Å². The Morgan fingerprint density at radius 1 is 0.867 bits per heavy atom. The molecule has 0 radical (unpaired) electrons. The van der Waals surface area contributed by atoms with Crippen LogP contribution >= 0.6 is 0 Å². The summed E-state index contributed by atoms with van der Waals surface area (Å²) in [6.45, 7) is 12.9. The van der Waals surface area contributed by atoms with Crippen LogP contribution in [-0.2, 0) is 20.7 Å². The molecule has 4 heteroatoms. The van der Waals surface area contributed by atoms with Crippen LogP contribution in [0.2, 0.25) is 0 Å². The van der Waals surface area contributed by atoms with Crippen molar-refractivity contribution in [3.05, 3.63) is 77.9 Å². The lowest BCUT2D eigenvalue weighted by atomic mass is 9.95. The minimum atomic E-state index is -0.426. The zero-order valence-electron chi connectivity index (χ0n) is 17.7. The SMILES string of the molecule is C=C(C)C(=O)OCCCc1cc2ccc3cc(OC(=O)C(=C)C)ccc3c2cc1C. The normalized spacial score (nSPS) is 10.8. The first-order valence-corrected chi connectivity index (χ1v) is 9.92. The number of esters is 2. The molecule has 0 N–H and O–H groups in total. The van der Waals surface area contributed by atoms with E-state index in [0.29, 0.717) is 23.5 Å². The Morgan fingerprint density at radius 3 is 2.20 bits per heavy atom. The number of carbonyl (C=O) groups excluding carboxylic acids is 2. The molecule has 154 valence electrons. The van der Waals surface area contributed by atoms with Crippen molar-refractivity contribution in [1.29, 1.82) is 0 Å². The zero-order chi connectivity index (χ0) is 21.8. The molecule has 0 bridgehead atoms. The Morgan fingerprint density at radius 2 is 1.53 bits per heavy atom. The van der Waals surface area contributed by atoms with Gasteiger partial charge in [0.05, 0.1) is 6.61 Å². The maximum absolute atomic E-state index is 11.8. The molecule has 0 fully saturated rings. The monoisotopic (exact) mass is 402 g/mol. The molecule has 3 rings (SSSR count). The Balaban J connectivity index is 1.82. The molecular formula is C26H26O4. The van der Waals surface area contributed by atoms with Crippen LogP contribution in [0.5, 0.6) is 5.75 Å². The van der Waals surface area contributed by atoms with Gasteiger partial charge in [-0.1, -0.05) is 43.5 Å². The minimum absolute atomic E-state index is 0.343. The minimum Gasteiger partial charge on any atom is -0.462 e. The maximum atomic E-state index is 11.8. The largest absolute Gasteiger partial charge is 0.462 e. The third-order valence-electron chi connectivity index (χ3n) is 4.99. The van der Waals surface area contributed by atoms with Gasteiger partial charge in [-0.05, 0) is 78.4 Å². The van der Waals surface area contributed by atoms with Gasteiger partial charge in [0.25, 0.3) is 0 Å². The van der Waals surface area contributed by atoms with E-state index in [2.05, 4.69) is 38.3 Å². The summed E-state index contributed by atoms with van der Waals surface area (Å²) in [6, 6.07) is 14.1. The van der Waals surface area contributed by atoms with Gasteiger partial charge in [0.2, 0.25) is 0 Å². The average molecular weight is 402 g/mol. The number of hydrogen-bond donors (Lipinski definition) is 0. The summed E-state index contributed by atoms with van der Waals surface area (Å²) < 4.78 is 10.5. The van der Waals surface area contributed by atoms with E-state index < -0.39 is 5.97 Å². The number of ether oxygens (including phenoxy) is 2. The van der Waals surface area contributed by atoms with Crippen molar-refractivity contribution in [1.82, 2.24) is 0 Å². The van der Waals surface area contributed by atoms with Crippen molar-refractivity contribution in [2.45, 2.75) is 33.6 Å². The Labute approximate surface area is 176 Å². The predicted molar refractivity (Wildman–Crippen MR) is 121 cm³/mol. The fraction of sp³-hybridized carbons (Fsp3) is 0.231. The number of aryl methyl sites for hydroxylation is 2. The molecule has 0 unspecified atom stereocenters. The van der Waals surface area contributed by atoms with Gasteiger partial charge in [-0.15, -0.1) is 0 Å². The quantitative estimate of drug-likeness (QED) is 0.164. The maximum Gasteiger partial charge on any atom is 0.338 e. The Hall–Kier alpha value is -3.40. The van der Waals surface area contributed by atoms with E-state index in [4.69, 9.17) is 9.47 Å². The molecule has 0 heterocycles. The highest BCUT2D eigenvalue weighted by Gasteiger charge is 2.09. The summed E-state index contributed by atoms with van der Waals surface area (Å²) in [5.41, 5.74) is 3.21. The summed E-state index contributed by atoms with van der Waals surface area (Å²) in [7, 11) is 0. The molecule has 0 aliphatic rings. The molecule has 4 nitrogen and oxygen atoms in total. The number of fused-ring (bicyclic) bond motifs is 3. The van der Waals surface area contributed by atoms with Gasteiger partial charge in [-0.2, -0.15) is 0 Å². The lowest BCUT2D eigenvalue weighted by molar-refractivity contribution is -0.139. The van der Waals surface area contributed by atoms with Crippen LogP contribution in [-0.4, -0.2) is 18.5 Å². The van der Waals surface area contributed by atoms with E-state index in [-0.39, 0.29) is 5.97 Å². The van der Waals surface area contributed by atoms with Crippen molar-refractivity contribution in [3.63, 3.8) is 0 Å². The van der Waals surface area contributed by atoms with Crippen LogP contribution in [0.25, 0.3) is 21.5 Å². The van der Waals surface area contributed by atoms with Gasteiger partial charge < -0.3 is 9.47 Å². The topological polar surface area (TPSA) is 52.6 Å². The van der Waals surface area contributed by atoms with Gasteiger partial charge in [-0.3, -0.25) is 0 Å². The molecule has 0 saturated carbocycles. The molecular weight excluding hydrogens is 376 g/mol. The molecule has 0 aliphatic heterocycles. The summed E-state index contributed by atoms with van der Waals surface area (Å²) >= 11 is 0. The third kappa shape index (κ3) is 4.77. The van der Waals surface area contributed by atoms with Crippen molar-refractivity contribution < 1.29 is 19.1 Å². The van der Waals surface area contributed by atoms with E-state index in [9.17, 15) is 9.59 Å². The summed E-state index contributed by atoms with van der Waals surface area (Å²) in [5, 5.41) is 4.41. The first kappa shape index (κ1) is 21.3. The molecule has 0 aliphatic carbocycles. The van der Waals surface area contributed by atoms with Crippen LogP contribution in [0, 0.1) is 6.92 Å². The second-order valence-corrected chi connectivity index (χ2v) is 7.64. The summed E-state index contributed by atoms with van der Waals surface area (Å²) in [6.07, 6.45) is 1.59. The second-order valence-electron chi connectivity index (χ2n) is 7.64. The molecule has 0 atom stereocenters. The molecule has 30 heavy (non-hydrogen) atoms. The highest BCUT2D eigenvalue weighted by molar-refractivity contribution is 6.08. The van der Waals surface area contributed by atoms with Gasteiger partial charge in [0, 0.05) is 11.1 Å². The summed E-state index contributed by atoms with van der Waals surface area (Å²) in [4.78, 5) is 23.3. The Bertz CT molecular complexity index is 1170. The van der Waals surface area contributed by atoms with Crippen LogP contribution in [0.15, 0.2) is 66.8 Å². The fourth-order valence-corrected chi connectivity index (χ4v) is 3.32. The molecule has 0 spiro atoms. The number of hydrogen-bond acceptors (Lipinski definition) is 4. The van der Waals surface area contributed by atoms with Gasteiger partial charge in [0.1, 0.15) is 5.75 Å². The molecule has 3 aromatic carbocycles. The van der Waals surface area contributed by atoms with Gasteiger partial charge in [0.15, 0.2) is 0 Å². The smallest absolute Gasteiger partial charge is 0.338 e. The van der Waals surface area contributed by atoms with Crippen LogP contribution < -0.4 is 4.74 Å². The fourth-order valence-electron chi connectivity index (χ4n) is 3.32. The molecule has 0 amide bonds. The molecule has 0 saturated heterocycles. The van der Waals surface area contributed by atoms with Crippen LogP contribution in [0.3, 0.4) is 0 Å². The van der Waals surface area contributed by atoms with Crippen molar-refractivity contribution >= 4 is 33.5 Å². The Kier molecular flexibility index (Phi) is 6.36. The van der Waals surface area contributed by atoms with Crippen molar-refractivity contribution in [2.75, 3.05) is 6.61 Å². The van der Waals surface area contributed by atoms with Crippen molar-refractivity contribution in [3.8, 4) is 5.75 Å². The zero-order valence-corrected chi connectivity index (χ0v) is 17.7. The van der Waals surface area contributed by atoms with E-state index in [0.717, 1.165) is 34.4 Å². The van der Waals surface area contributed by atoms with E-state index in [1.165, 1.54) is 11.1 Å². The third-order valence-corrected chi connectivity index (χ3v) is 4.99. The first-order chi connectivity index (χ1) is 14.3.